The molecule has 2 amide bonds. The number of amides is 2. The first-order chi connectivity index (χ1) is 13.9. The lowest BCUT2D eigenvalue weighted by molar-refractivity contribution is 0.0956. The Morgan fingerprint density at radius 2 is 1.72 bits per heavy atom. The molecule has 0 saturated heterocycles. The van der Waals surface area contributed by atoms with E-state index in [0.717, 1.165) is 10.0 Å². The number of nitrogens with one attached hydrogen (secondary N) is 2. The molecule has 6 nitrogen and oxygen atoms in total. The van der Waals surface area contributed by atoms with Gasteiger partial charge in [-0.2, -0.15) is 5.10 Å². The quantitative estimate of drug-likeness (QED) is 0.394. The van der Waals surface area contributed by atoms with Gasteiger partial charge in [0.25, 0.3) is 11.8 Å². The number of para-hydroxylation sites is 1. The first-order valence-electron chi connectivity index (χ1n) is 8.73. The summed E-state index contributed by atoms with van der Waals surface area (Å²) < 4.78 is 0.771. The largest absolute Gasteiger partial charge is 0.507 e. The molecule has 0 aliphatic rings. The summed E-state index contributed by atoms with van der Waals surface area (Å²) >= 11 is 3.31. The van der Waals surface area contributed by atoms with E-state index < -0.39 is 5.91 Å². The zero-order valence-electron chi connectivity index (χ0n) is 15.5. The molecule has 3 rings (SSSR count). The molecule has 3 aromatic carbocycles. The van der Waals surface area contributed by atoms with Gasteiger partial charge in [-0.1, -0.05) is 45.8 Å². The number of aryl methyl sites for hydroxylation is 1. The van der Waals surface area contributed by atoms with Gasteiger partial charge >= 0.3 is 0 Å². The van der Waals surface area contributed by atoms with E-state index in [4.69, 9.17) is 0 Å². The van der Waals surface area contributed by atoms with Crippen LogP contribution in [-0.2, 0) is 0 Å². The molecule has 3 N–H and O–H groups in total. The molecule has 0 unspecified atom stereocenters. The Balaban J connectivity index is 1.73. The monoisotopic (exact) mass is 451 g/mol. The summed E-state index contributed by atoms with van der Waals surface area (Å²) in [7, 11) is 0. The summed E-state index contributed by atoms with van der Waals surface area (Å²) in [4.78, 5) is 25.0. The Bertz CT molecular complexity index is 1080. The van der Waals surface area contributed by atoms with Crippen LogP contribution in [0.5, 0.6) is 5.75 Å². The van der Waals surface area contributed by atoms with Gasteiger partial charge in [0.2, 0.25) is 0 Å². The number of anilines is 1. The van der Waals surface area contributed by atoms with Crippen molar-refractivity contribution in [1.29, 1.82) is 0 Å². The van der Waals surface area contributed by atoms with Gasteiger partial charge < -0.3 is 10.4 Å². The van der Waals surface area contributed by atoms with Gasteiger partial charge in [0.15, 0.2) is 0 Å². The number of phenolic OH excluding ortho intramolecular Hbond substituents is 1. The van der Waals surface area contributed by atoms with Crippen LogP contribution in [-0.4, -0.2) is 23.1 Å². The van der Waals surface area contributed by atoms with Crippen molar-refractivity contribution in [2.45, 2.75) is 6.92 Å². The second-order valence-electron chi connectivity index (χ2n) is 6.27. The molecule has 29 heavy (non-hydrogen) atoms. The van der Waals surface area contributed by atoms with Crippen LogP contribution >= 0.6 is 15.9 Å². The fraction of sp³-hybridized carbons (Fsp3) is 0.0455. The molecule has 0 heterocycles. The maximum absolute atomic E-state index is 12.5. The zero-order valence-corrected chi connectivity index (χ0v) is 17.1. The second kappa shape index (κ2) is 9.16. The average Bonchev–Trinajstić information content (AvgIpc) is 2.71. The first-order valence-corrected chi connectivity index (χ1v) is 9.52. The van der Waals surface area contributed by atoms with Crippen LogP contribution in [0.25, 0.3) is 0 Å². The van der Waals surface area contributed by atoms with Gasteiger partial charge in [-0.05, 0) is 49.4 Å². The van der Waals surface area contributed by atoms with Crippen LogP contribution in [0.3, 0.4) is 0 Å². The molecular weight excluding hydrogens is 434 g/mol. The highest BCUT2D eigenvalue weighted by molar-refractivity contribution is 9.10. The first kappa shape index (κ1) is 20.3. The molecule has 0 aromatic heterocycles. The lowest BCUT2D eigenvalue weighted by Crippen LogP contribution is -2.21. The molecule has 0 aliphatic carbocycles. The fourth-order valence-electron chi connectivity index (χ4n) is 2.54. The number of rotatable bonds is 5. The highest BCUT2D eigenvalue weighted by Gasteiger charge is 2.13. The minimum Gasteiger partial charge on any atom is -0.507 e. The Labute approximate surface area is 176 Å². The highest BCUT2D eigenvalue weighted by atomic mass is 79.9. The van der Waals surface area contributed by atoms with E-state index in [2.05, 4.69) is 31.8 Å². The molecule has 0 spiro atoms. The van der Waals surface area contributed by atoms with Gasteiger partial charge in [-0.3, -0.25) is 9.59 Å². The number of phenols is 1. The molecule has 0 aliphatic heterocycles. The van der Waals surface area contributed by atoms with E-state index in [-0.39, 0.29) is 17.2 Å². The maximum Gasteiger partial charge on any atom is 0.273 e. The van der Waals surface area contributed by atoms with Crippen LogP contribution in [0.2, 0.25) is 0 Å². The lowest BCUT2D eigenvalue weighted by Gasteiger charge is -2.10. The van der Waals surface area contributed by atoms with Gasteiger partial charge in [0.05, 0.1) is 17.5 Å². The smallest absolute Gasteiger partial charge is 0.273 e. The van der Waals surface area contributed by atoms with Crippen molar-refractivity contribution in [1.82, 2.24) is 5.43 Å². The molecule has 0 fully saturated rings. The van der Waals surface area contributed by atoms with E-state index in [9.17, 15) is 14.7 Å². The number of hydrazone groups is 1. The Hall–Kier alpha value is -3.45. The number of hydrogen-bond acceptors (Lipinski definition) is 4. The van der Waals surface area contributed by atoms with E-state index in [1.54, 1.807) is 48.5 Å². The maximum atomic E-state index is 12.5. The third-order valence-corrected chi connectivity index (χ3v) is 4.59. The summed E-state index contributed by atoms with van der Waals surface area (Å²) in [6, 6.07) is 18.7. The van der Waals surface area contributed by atoms with Crippen molar-refractivity contribution < 1.29 is 14.7 Å². The van der Waals surface area contributed by atoms with Gasteiger partial charge in [-0.15, -0.1) is 0 Å². The lowest BCUT2D eigenvalue weighted by atomic mass is 10.1. The number of hydrogen-bond donors (Lipinski definition) is 3. The SMILES string of the molecule is Cc1ccc(C(=O)Nc2ccccc2C(=O)N/N=C\c2cc(Br)ccc2O)cc1. The molecule has 0 radical (unpaired) electrons. The van der Waals surface area contributed by atoms with Crippen molar-refractivity contribution in [2.24, 2.45) is 5.10 Å². The van der Waals surface area contributed by atoms with Crippen LogP contribution in [0, 0.1) is 6.92 Å². The third-order valence-electron chi connectivity index (χ3n) is 4.09. The molecule has 0 bridgehead atoms. The normalized spacial score (nSPS) is 10.7. The summed E-state index contributed by atoms with van der Waals surface area (Å²) in [5, 5.41) is 16.5. The minimum absolute atomic E-state index is 0.0389. The van der Waals surface area contributed by atoms with Crippen molar-refractivity contribution in [3.8, 4) is 5.75 Å². The number of benzene rings is 3. The van der Waals surface area contributed by atoms with Crippen LogP contribution in [0.15, 0.2) is 76.3 Å². The average molecular weight is 452 g/mol. The molecule has 7 heteroatoms. The van der Waals surface area contributed by atoms with E-state index in [0.29, 0.717) is 16.8 Å². The van der Waals surface area contributed by atoms with Gasteiger partial charge in [-0.25, -0.2) is 5.43 Å². The second-order valence-corrected chi connectivity index (χ2v) is 7.18. The molecular formula is C22H18BrN3O3. The Morgan fingerprint density at radius 1 is 1.00 bits per heavy atom. The van der Waals surface area contributed by atoms with E-state index >= 15 is 0 Å². The summed E-state index contributed by atoms with van der Waals surface area (Å²) in [6.07, 6.45) is 1.34. The summed E-state index contributed by atoms with van der Waals surface area (Å²) in [5.41, 5.74) is 5.04. The fourth-order valence-corrected chi connectivity index (χ4v) is 2.92. The van der Waals surface area contributed by atoms with E-state index in [1.165, 1.54) is 12.3 Å². The Kier molecular flexibility index (Phi) is 6.41. The van der Waals surface area contributed by atoms with Crippen molar-refractivity contribution in [2.75, 3.05) is 5.32 Å². The molecule has 146 valence electrons. The number of carbonyl (C=O) groups is 2. The van der Waals surface area contributed by atoms with Crippen LogP contribution < -0.4 is 10.7 Å². The van der Waals surface area contributed by atoms with Crippen molar-refractivity contribution in [3.05, 3.63) is 93.5 Å². The number of carbonyl (C=O) groups excluding carboxylic acids is 2. The number of nitrogens with zero attached hydrogens (tertiary/aromatic N) is 1. The number of aromatic hydroxyl groups is 1. The van der Waals surface area contributed by atoms with Gasteiger partial charge in [0.1, 0.15) is 5.75 Å². The van der Waals surface area contributed by atoms with Crippen LogP contribution in [0.4, 0.5) is 5.69 Å². The standard InChI is InChI=1S/C22H18BrN3O3/c1-14-6-8-15(9-7-14)21(28)25-19-5-3-2-4-18(19)22(29)26-24-13-16-12-17(23)10-11-20(16)27/h2-13,27H,1H3,(H,25,28)(H,26,29)/b24-13-. The predicted octanol–water partition coefficient (Wildman–Crippen LogP) is 4.48. The predicted molar refractivity (Wildman–Crippen MR) is 116 cm³/mol. The third kappa shape index (κ3) is 5.30. The summed E-state index contributed by atoms with van der Waals surface area (Å²) in [5.74, 6) is -0.764. The van der Waals surface area contributed by atoms with Crippen molar-refractivity contribution in [3.63, 3.8) is 0 Å². The highest BCUT2D eigenvalue weighted by Crippen LogP contribution is 2.20. The topological polar surface area (TPSA) is 90.8 Å². The minimum atomic E-state index is -0.490. The number of halogens is 1. The molecule has 0 atom stereocenters. The van der Waals surface area contributed by atoms with E-state index in [1.807, 2.05) is 19.1 Å². The summed E-state index contributed by atoms with van der Waals surface area (Å²) in [6.45, 7) is 1.94. The Morgan fingerprint density at radius 3 is 2.48 bits per heavy atom. The molecule has 0 saturated carbocycles. The van der Waals surface area contributed by atoms with Crippen molar-refractivity contribution >= 4 is 39.6 Å². The van der Waals surface area contributed by atoms with Gasteiger partial charge in [0, 0.05) is 15.6 Å². The van der Waals surface area contributed by atoms with Crippen LogP contribution in [0.1, 0.15) is 31.8 Å². The molecule has 3 aromatic rings. The zero-order chi connectivity index (χ0) is 20.8.